The summed E-state index contributed by atoms with van der Waals surface area (Å²) in [6.45, 7) is 6.72. The molecule has 7 nitrogen and oxygen atoms in total. The van der Waals surface area contributed by atoms with Crippen LogP contribution in [0.1, 0.15) is 23.9 Å². The van der Waals surface area contributed by atoms with Crippen molar-refractivity contribution >= 4 is 5.96 Å². The zero-order valence-corrected chi connectivity index (χ0v) is 16.7. The van der Waals surface area contributed by atoms with E-state index < -0.39 is 11.7 Å². The molecule has 0 spiro atoms. The third kappa shape index (κ3) is 5.69. The van der Waals surface area contributed by atoms with Gasteiger partial charge < -0.3 is 10.2 Å². The second kappa shape index (κ2) is 9.25. The van der Waals surface area contributed by atoms with Gasteiger partial charge in [-0.1, -0.05) is 18.2 Å². The molecule has 1 aliphatic rings. The molecule has 3 rings (SSSR count). The summed E-state index contributed by atoms with van der Waals surface area (Å²) in [5.41, 5.74) is 0.0788. The molecule has 0 amide bonds. The number of guanidine groups is 1. The Kier molecular flexibility index (Phi) is 6.73. The number of piperazine rings is 1. The van der Waals surface area contributed by atoms with Crippen molar-refractivity contribution in [1.29, 1.82) is 0 Å². The third-order valence-corrected chi connectivity index (χ3v) is 4.84. The number of rotatable bonds is 5. The molecule has 2 aromatic rings. The fraction of sp³-hybridized carbons (Fsp3) is 0.526. The minimum atomic E-state index is -4.31. The zero-order valence-electron chi connectivity index (χ0n) is 16.7. The fourth-order valence-corrected chi connectivity index (χ4v) is 3.26. The predicted octanol–water partition coefficient (Wildman–Crippen LogP) is 2.12. The SMILES string of the molecule is CCNC(=NCc1ncnn1C)N1CCN(Cc2cccc(C(F)(F)F)c2)CC1. The Balaban J connectivity index is 1.58. The van der Waals surface area contributed by atoms with E-state index in [2.05, 4.69) is 30.2 Å². The molecular weight excluding hydrogens is 383 g/mol. The van der Waals surface area contributed by atoms with Crippen molar-refractivity contribution in [3.05, 3.63) is 47.5 Å². The number of alkyl halides is 3. The van der Waals surface area contributed by atoms with E-state index in [4.69, 9.17) is 0 Å². The lowest BCUT2D eigenvalue weighted by molar-refractivity contribution is -0.137. The largest absolute Gasteiger partial charge is 0.416 e. The van der Waals surface area contributed by atoms with Crippen molar-refractivity contribution in [3.63, 3.8) is 0 Å². The molecule has 158 valence electrons. The Hall–Kier alpha value is -2.62. The first kappa shape index (κ1) is 21.1. The van der Waals surface area contributed by atoms with Gasteiger partial charge in [-0.3, -0.25) is 9.58 Å². The molecule has 29 heavy (non-hydrogen) atoms. The number of hydrogen-bond acceptors (Lipinski definition) is 4. The highest BCUT2D eigenvalue weighted by molar-refractivity contribution is 5.80. The summed E-state index contributed by atoms with van der Waals surface area (Å²) in [7, 11) is 1.83. The first-order valence-corrected chi connectivity index (χ1v) is 9.61. The lowest BCUT2D eigenvalue weighted by Crippen LogP contribution is -2.52. The number of nitrogens with zero attached hydrogens (tertiary/aromatic N) is 6. The van der Waals surface area contributed by atoms with Crippen LogP contribution in [-0.2, 0) is 26.3 Å². The smallest absolute Gasteiger partial charge is 0.357 e. The van der Waals surface area contributed by atoms with Gasteiger partial charge in [-0.05, 0) is 18.6 Å². The first-order chi connectivity index (χ1) is 13.9. The highest BCUT2D eigenvalue weighted by Crippen LogP contribution is 2.29. The Bertz CT molecular complexity index is 823. The van der Waals surface area contributed by atoms with Crippen LogP contribution in [0.2, 0.25) is 0 Å². The number of aromatic nitrogens is 3. The highest BCUT2D eigenvalue weighted by atomic mass is 19.4. The van der Waals surface area contributed by atoms with Crippen LogP contribution < -0.4 is 5.32 Å². The summed E-state index contributed by atoms with van der Waals surface area (Å²) in [5.74, 6) is 1.60. The number of benzene rings is 1. The number of aliphatic imine (C=N–C) groups is 1. The third-order valence-electron chi connectivity index (χ3n) is 4.84. The van der Waals surface area contributed by atoms with Crippen molar-refractivity contribution in [1.82, 2.24) is 29.9 Å². The maximum atomic E-state index is 12.9. The molecule has 10 heteroatoms. The topological polar surface area (TPSA) is 61.6 Å². The molecule has 2 heterocycles. The van der Waals surface area contributed by atoms with Crippen LogP contribution in [0.25, 0.3) is 0 Å². The van der Waals surface area contributed by atoms with E-state index in [1.54, 1.807) is 10.7 Å². The molecule has 0 aliphatic carbocycles. The molecule has 1 aliphatic heterocycles. The van der Waals surface area contributed by atoms with Gasteiger partial charge in [-0.2, -0.15) is 18.3 Å². The Morgan fingerprint density at radius 1 is 1.21 bits per heavy atom. The van der Waals surface area contributed by atoms with Gasteiger partial charge in [0.2, 0.25) is 0 Å². The lowest BCUT2D eigenvalue weighted by atomic mass is 10.1. The number of nitrogens with one attached hydrogen (secondary N) is 1. The van der Waals surface area contributed by atoms with Gasteiger partial charge in [0.25, 0.3) is 0 Å². The van der Waals surface area contributed by atoms with Gasteiger partial charge in [0, 0.05) is 46.3 Å². The molecule has 1 fully saturated rings. The van der Waals surface area contributed by atoms with E-state index in [1.807, 2.05) is 14.0 Å². The molecule has 1 saturated heterocycles. The maximum absolute atomic E-state index is 12.9. The standard InChI is InChI=1S/C19H26F3N7/c1-3-23-18(24-12-17-25-14-26-27(17)2)29-9-7-28(8-10-29)13-15-5-4-6-16(11-15)19(20,21)22/h4-6,11,14H,3,7-10,12-13H2,1-2H3,(H,23,24). The summed E-state index contributed by atoms with van der Waals surface area (Å²) in [6.07, 6.45) is -2.81. The summed E-state index contributed by atoms with van der Waals surface area (Å²) in [5, 5.41) is 7.35. The maximum Gasteiger partial charge on any atom is 0.416 e. The Morgan fingerprint density at radius 2 is 1.97 bits per heavy atom. The molecule has 0 radical (unpaired) electrons. The van der Waals surface area contributed by atoms with E-state index >= 15 is 0 Å². The van der Waals surface area contributed by atoms with Gasteiger partial charge >= 0.3 is 6.18 Å². The van der Waals surface area contributed by atoms with Crippen LogP contribution in [-0.4, -0.2) is 63.2 Å². The molecule has 1 aromatic heterocycles. The van der Waals surface area contributed by atoms with E-state index in [-0.39, 0.29) is 0 Å². The highest BCUT2D eigenvalue weighted by Gasteiger charge is 2.30. The van der Waals surface area contributed by atoms with Crippen LogP contribution in [0.4, 0.5) is 13.2 Å². The summed E-state index contributed by atoms with van der Waals surface area (Å²) in [6, 6.07) is 5.56. The van der Waals surface area contributed by atoms with Crippen LogP contribution in [0, 0.1) is 0 Å². The molecular formula is C19H26F3N7. The van der Waals surface area contributed by atoms with Crippen molar-refractivity contribution in [3.8, 4) is 0 Å². The van der Waals surface area contributed by atoms with E-state index in [0.717, 1.165) is 50.6 Å². The van der Waals surface area contributed by atoms with Crippen molar-refractivity contribution < 1.29 is 13.2 Å². The summed E-state index contributed by atoms with van der Waals surface area (Å²) >= 11 is 0. The Labute approximate surface area is 168 Å². The monoisotopic (exact) mass is 409 g/mol. The quantitative estimate of drug-likeness (QED) is 0.606. The second-order valence-electron chi connectivity index (χ2n) is 6.93. The zero-order chi connectivity index (χ0) is 20.9. The van der Waals surface area contributed by atoms with Gasteiger partial charge in [0.05, 0.1) is 5.56 Å². The van der Waals surface area contributed by atoms with Crippen molar-refractivity contribution in [2.45, 2.75) is 26.2 Å². The van der Waals surface area contributed by atoms with Crippen molar-refractivity contribution in [2.75, 3.05) is 32.7 Å². The van der Waals surface area contributed by atoms with Crippen LogP contribution in [0.5, 0.6) is 0 Å². The lowest BCUT2D eigenvalue weighted by Gasteiger charge is -2.36. The van der Waals surface area contributed by atoms with Gasteiger partial charge in [0.15, 0.2) is 5.96 Å². The molecule has 0 saturated carbocycles. The minimum absolute atomic E-state index is 0.434. The van der Waals surface area contributed by atoms with Gasteiger partial charge in [-0.25, -0.2) is 9.98 Å². The summed E-state index contributed by atoms with van der Waals surface area (Å²) < 4.78 is 40.4. The number of halogens is 3. The summed E-state index contributed by atoms with van der Waals surface area (Å²) in [4.78, 5) is 13.2. The van der Waals surface area contributed by atoms with Crippen LogP contribution >= 0.6 is 0 Å². The predicted molar refractivity (Wildman–Crippen MR) is 104 cm³/mol. The number of hydrogen-bond donors (Lipinski definition) is 1. The fourth-order valence-electron chi connectivity index (χ4n) is 3.26. The minimum Gasteiger partial charge on any atom is -0.357 e. The number of aryl methyl sites for hydroxylation is 1. The van der Waals surface area contributed by atoms with Gasteiger partial charge in [0.1, 0.15) is 18.7 Å². The normalized spacial score (nSPS) is 16.3. The Morgan fingerprint density at radius 3 is 2.59 bits per heavy atom. The van der Waals surface area contributed by atoms with Gasteiger partial charge in [-0.15, -0.1) is 0 Å². The average molecular weight is 409 g/mol. The van der Waals surface area contributed by atoms with Crippen LogP contribution in [0.3, 0.4) is 0 Å². The van der Waals surface area contributed by atoms with Crippen molar-refractivity contribution in [2.24, 2.45) is 12.0 Å². The molecule has 1 N–H and O–H groups in total. The molecule has 0 unspecified atom stereocenters. The molecule has 0 atom stereocenters. The van der Waals surface area contributed by atoms with E-state index in [9.17, 15) is 13.2 Å². The van der Waals surface area contributed by atoms with E-state index in [0.29, 0.717) is 18.7 Å². The average Bonchev–Trinajstić information content (AvgIpc) is 3.10. The van der Waals surface area contributed by atoms with E-state index in [1.165, 1.54) is 18.5 Å². The second-order valence-corrected chi connectivity index (χ2v) is 6.93. The molecule has 0 bridgehead atoms. The first-order valence-electron chi connectivity index (χ1n) is 9.61. The van der Waals surface area contributed by atoms with Crippen LogP contribution in [0.15, 0.2) is 35.6 Å². The molecule has 1 aromatic carbocycles.